The summed E-state index contributed by atoms with van der Waals surface area (Å²) in [4.78, 5) is 12.4. The lowest BCUT2D eigenvalue weighted by Crippen LogP contribution is -2.45. The third-order valence-electron chi connectivity index (χ3n) is 5.41. The molecule has 1 fully saturated rings. The number of hydrogen-bond donors (Lipinski definition) is 2. The predicted octanol–water partition coefficient (Wildman–Crippen LogP) is 4.52. The number of halogens is 3. The fourth-order valence-corrected chi connectivity index (χ4v) is 5.68. The molecule has 3 rings (SSSR count). The van der Waals surface area contributed by atoms with Crippen molar-refractivity contribution in [3.8, 4) is 0 Å². The van der Waals surface area contributed by atoms with Crippen LogP contribution in [0.15, 0.2) is 41.3 Å². The Morgan fingerprint density at radius 1 is 1.22 bits per heavy atom. The molecule has 0 aliphatic carbocycles. The molecule has 2 aromatic carbocycles. The lowest BCUT2D eigenvalue weighted by Gasteiger charge is -2.33. The van der Waals surface area contributed by atoms with Gasteiger partial charge in [0.2, 0.25) is 10.0 Å². The topological polar surface area (TPSA) is 86.7 Å². The summed E-state index contributed by atoms with van der Waals surface area (Å²) in [5, 5.41) is 12.9. The van der Waals surface area contributed by atoms with Crippen LogP contribution in [0.4, 0.5) is 14.5 Å². The van der Waals surface area contributed by atoms with Gasteiger partial charge in [0.15, 0.2) is 0 Å². The van der Waals surface area contributed by atoms with E-state index in [0.717, 1.165) is 29.3 Å². The van der Waals surface area contributed by atoms with Gasteiger partial charge in [-0.15, -0.1) is 0 Å². The van der Waals surface area contributed by atoms with Crippen molar-refractivity contribution < 1.29 is 27.1 Å². The van der Waals surface area contributed by atoms with Crippen LogP contribution in [0.1, 0.15) is 48.5 Å². The molecule has 2 N–H and O–H groups in total. The standard InChI is InChI=1S/C22H25ClF2N2O4S/c1-22(29)9-3-2-4-10-27(14-22)32(30,31)20-11-15(5-6-16(20)13-24)21(28)26-17-7-8-19(25)18(23)12-17/h5-8,11-12,29H,2-4,9-10,13-14H2,1H3,(H,26,28). The zero-order chi connectivity index (χ0) is 23.5. The van der Waals surface area contributed by atoms with Gasteiger partial charge in [-0.05, 0) is 50.1 Å². The number of sulfonamides is 1. The zero-order valence-electron chi connectivity index (χ0n) is 17.6. The normalized spacial score (nSPS) is 20.4. The van der Waals surface area contributed by atoms with Gasteiger partial charge in [-0.1, -0.05) is 30.5 Å². The van der Waals surface area contributed by atoms with Crippen LogP contribution in [0.5, 0.6) is 0 Å². The van der Waals surface area contributed by atoms with E-state index in [-0.39, 0.29) is 39.8 Å². The minimum Gasteiger partial charge on any atom is -0.389 e. The van der Waals surface area contributed by atoms with Crippen LogP contribution in [-0.2, 0) is 16.7 Å². The first-order valence-corrected chi connectivity index (χ1v) is 12.0. The Hall–Kier alpha value is -2.07. The van der Waals surface area contributed by atoms with Crippen molar-refractivity contribution in [1.29, 1.82) is 0 Å². The Balaban J connectivity index is 1.94. The fraction of sp³-hybridized carbons (Fsp3) is 0.409. The van der Waals surface area contributed by atoms with Gasteiger partial charge in [0, 0.05) is 29.9 Å². The second-order valence-corrected chi connectivity index (χ2v) is 10.5. The minimum atomic E-state index is -4.17. The van der Waals surface area contributed by atoms with Gasteiger partial charge in [0.1, 0.15) is 12.5 Å². The molecule has 1 unspecified atom stereocenters. The summed E-state index contributed by atoms with van der Waals surface area (Å²) in [7, 11) is -4.17. The molecule has 1 atom stereocenters. The first-order valence-electron chi connectivity index (χ1n) is 10.2. The van der Waals surface area contributed by atoms with Gasteiger partial charge >= 0.3 is 0 Å². The predicted molar refractivity (Wildman–Crippen MR) is 118 cm³/mol. The molecule has 1 aliphatic rings. The van der Waals surface area contributed by atoms with Crippen LogP contribution < -0.4 is 5.32 Å². The molecule has 1 amide bonds. The molecule has 10 heteroatoms. The van der Waals surface area contributed by atoms with Gasteiger partial charge in [-0.3, -0.25) is 4.79 Å². The van der Waals surface area contributed by atoms with Crippen molar-refractivity contribution in [2.45, 2.75) is 49.8 Å². The second-order valence-electron chi connectivity index (χ2n) is 8.19. The lowest BCUT2D eigenvalue weighted by molar-refractivity contribution is 0.0240. The average Bonchev–Trinajstić information content (AvgIpc) is 2.73. The van der Waals surface area contributed by atoms with Crippen LogP contribution >= 0.6 is 11.6 Å². The monoisotopic (exact) mass is 486 g/mol. The summed E-state index contributed by atoms with van der Waals surface area (Å²) in [5.41, 5.74) is -1.08. The maximum absolute atomic E-state index is 13.7. The summed E-state index contributed by atoms with van der Waals surface area (Å²) in [5.74, 6) is -1.30. The van der Waals surface area contributed by atoms with Crippen LogP contribution in [0.2, 0.25) is 5.02 Å². The number of hydrogen-bond acceptors (Lipinski definition) is 4. The van der Waals surface area contributed by atoms with Crippen LogP contribution in [0.25, 0.3) is 0 Å². The van der Waals surface area contributed by atoms with E-state index in [1.54, 1.807) is 6.92 Å². The Bertz CT molecular complexity index is 1110. The van der Waals surface area contributed by atoms with Crippen molar-refractivity contribution in [2.75, 3.05) is 18.4 Å². The average molecular weight is 487 g/mol. The summed E-state index contributed by atoms with van der Waals surface area (Å²) in [6.45, 7) is 0.614. The Morgan fingerprint density at radius 2 is 1.97 bits per heavy atom. The van der Waals surface area contributed by atoms with E-state index in [2.05, 4.69) is 5.32 Å². The van der Waals surface area contributed by atoms with Gasteiger partial charge in [0.25, 0.3) is 5.91 Å². The zero-order valence-corrected chi connectivity index (χ0v) is 19.1. The van der Waals surface area contributed by atoms with Gasteiger partial charge in [-0.2, -0.15) is 4.31 Å². The molecule has 1 heterocycles. The molecular weight excluding hydrogens is 462 g/mol. The smallest absolute Gasteiger partial charge is 0.255 e. The lowest BCUT2D eigenvalue weighted by atomic mass is 9.96. The fourth-order valence-electron chi connectivity index (χ4n) is 3.68. The number of rotatable bonds is 5. The van der Waals surface area contributed by atoms with E-state index in [1.165, 1.54) is 24.3 Å². The molecule has 0 bridgehead atoms. The number of carbonyl (C=O) groups is 1. The third kappa shape index (κ3) is 5.64. The number of nitrogens with zero attached hydrogens (tertiary/aromatic N) is 1. The van der Waals surface area contributed by atoms with Crippen LogP contribution in [-0.4, -0.2) is 42.4 Å². The summed E-state index contributed by atoms with van der Waals surface area (Å²) in [6.07, 6.45) is 2.63. The first-order chi connectivity index (χ1) is 15.0. The number of benzene rings is 2. The van der Waals surface area contributed by atoms with E-state index >= 15 is 0 Å². The number of nitrogens with one attached hydrogen (secondary N) is 1. The molecule has 174 valence electrons. The number of β-amino-alcohol motifs (C(OH)–C–C–N with tert-alkyl or cyclic N) is 1. The van der Waals surface area contributed by atoms with E-state index < -0.39 is 34.0 Å². The summed E-state index contributed by atoms with van der Waals surface area (Å²) < 4.78 is 54.9. The Labute approximate surface area is 191 Å². The van der Waals surface area contributed by atoms with Crippen LogP contribution in [0, 0.1) is 5.82 Å². The second kappa shape index (κ2) is 9.82. The first kappa shape index (κ1) is 24.6. The Kier molecular flexibility index (Phi) is 7.54. The van der Waals surface area contributed by atoms with Gasteiger partial charge in [0.05, 0.1) is 15.5 Å². The highest BCUT2D eigenvalue weighted by Gasteiger charge is 2.34. The van der Waals surface area contributed by atoms with Crippen molar-refractivity contribution in [3.63, 3.8) is 0 Å². The van der Waals surface area contributed by atoms with E-state index in [4.69, 9.17) is 11.6 Å². The molecular formula is C22H25ClF2N2O4S. The van der Waals surface area contributed by atoms with E-state index in [9.17, 15) is 27.1 Å². The number of alkyl halides is 1. The molecule has 0 aromatic heterocycles. The highest BCUT2D eigenvalue weighted by molar-refractivity contribution is 7.89. The number of amides is 1. The maximum atomic E-state index is 13.7. The molecule has 1 saturated heterocycles. The molecule has 1 aliphatic heterocycles. The van der Waals surface area contributed by atoms with Crippen molar-refractivity contribution >= 4 is 33.2 Å². The van der Waals surface area contributed by atoms with Crippen molar-refractivity contribution in [2.24, 2.45) is 0 Å². The number of aliphatic hydroxyl groups is 1. The van der Waals surface area contributed by atoms with Crippen molar-refractivity contribution in [1.82, 2.24) is 4.31 Å². The minimum absolute atomic E-state index is 0.0139. The highest BCUT2D eigenvalue weighted by Crippen LogP contribution is 2.28. The third-order valence-corrected chi connectivity index (χ3v) is 7.63. The van der Waals surface area contributed by atoms with Gasteiger partial charge < -0.3 is 10.4 Å². The molecule has 0 spiro atoms. The molecule has 0 saturated carbocycles. The molecule has 2 aromatic rings. The number of carbonyl (C=O) groups excluding carboxylic acids is 1. The quantitative estimate of drug-likeness (QED) is 0.650. The van der Waals surface area contributed by atoms with Crippen LogP contribution in [0.3, 0.4) is 0 Å². The van der Waals surface area contributed by atoms with E-state index in [0.29, 0.717) is 12.8 Å². The summed E-state index contributed by atoms with van der Waals surface area (Å²) >= 11 is 5.73. The van der Waals surface area contributed by atoms with Crippen molar-refractivity contribution in [3.05, 3.63) is 58.4 Å². The molecule has 6 nitrogen and oxygen atoms in total. The molecule has 0 radical (unpaired) electrons. The highest BCUT2D eigenvalue weighted by atomic mass is 35.5. The SMILES string of the molecule is CC1(O)CCCCCN(S(=O)(=O)c2cc(C(=O)Nc3ccc(F)c(Cl)c3)ccc2CF)C1. The largest absolute Gasteiger partial charge is 0.389 e. The Morgan fingerprint density at radius 3 is 2.66 bits per heavy atom. The maximum Gasteiger partial charge on any atom is 0.255 e. The van der Waals surface area contributed by atoms with Gasteiger partial charge in [-0.25, -0.2) is 17.2 Å². The summed E-state index contributed by atoms with van der Waals surface area (Å²) in [6, 6.07) is 7.32. The van der Waals surface area contributed by atoms with E-state index in [1.807, 2.05) is 0 Å². The molecule has 32 heavy (non-hydrogen) atoms. The number of anilines is 1.